The normalized spacial score (nSPS) is 12.3. The van der Waals surface area contributed by atoms with Crippen molar-refractivity contribution in [3.8, 4) is 16.9 Å². The maximum Gasteiger partial charge on any atom is 0.165 e. The van der Waals surface area contributed by atoms with Crippen LogP contribution in [0.25, 0.3) is 16.8 Å². The van der Waals surface area contributed by atoms with E-state index in [1.165, 1.54) is 16.8 Å². The van der Waals surface area contributed by atoms with Crippen molar-refractivity contribution in [2.24, 2.45) is 0 Å². The van der Waals surface area contributed by atoms with E-state index < -0.39 is 0 Å². The Morgan fingerprint density at radius 2 is 1.78 bits per heavy atom. The monoisotopic (exact) mass is 561 g/mol. The summed E-state index contributed by atoms with van der Waals surface area (Å²) in [5.41, 5.74) is 7.49. The molecule has 0 N–H and O–H groups in total. The third kappa shape index (κ3) is 5.83. The first-order valence-electron chi connectivity index (χ1n) is 12.1. The van der Waals surface area contributed by atoms with Gasteiger partial charge in [-0.15, -0.1) is 24.8 Å². The lowest BCUT2D eigenvalue weighted by molar-refractivity contribution is 0.411. The zero-order valence-corrected chi connectivity index (χ0v) is 24.1. The highest BCUT2D eigenvalue weighted by molar-refractivity contribution is 6.33. The fourth-order valence-corrected chi connectivity index (χ4v) is 5.23. The summed E-state index contributed by atoms with van der Waals surface area (Å²) in [7, 11) is 5.89. The van der Waals surface area contributed by atoms with Crippen LogP contribution >= 0.6 is 36.4 Å². The second-order valence-corrected chi connectivity index (χ2v) is 9.87. The quantitative estimate of drug-likeness (QED) is 0.253. The van der Waals surface area contributed by atoms with Gasteiger partial charge in [-0.05, 0) is 64.0 Å². The maximum atomic E-state index is 6.72. The van der Waals surface area contributed by atoms with E-state index in [0.29, 0.717) is 5.02 Å². The molecule has 0 unspecified atom stereocenters. The zero-order chi connectivity index (χ0) is 24.5. The maximum absolute atomic E-state index is 6.72. The largest absolute Gasteiger partial charge is 0.497 e. The van der Waals surface area contributed by atoms with Crippen LogP contribution in [0.1, 0.15) is 28.9 Å². The number of hydrogen-bond acceptors (Lipinski definition) is 5. The molecule has 0 aliphatic heterocycles. The van der Waals surface area contributed by atoms with Crippen molar-refractivity contribution in [1.29, 1.82) is 0 Å². The molecule has 0 atom stereocenters. The lowest BCUT2D eigenvalue weighted by Crippen LogP contribution is -2.33. The first-order chi connectivity index (χ1) is 17.0. The molecule has 2 heterocycles. The summed E-state index contributed by atoms with van der Waals surface area (Å²) in [4.78, 5) is 9.86. The molecule has 1 aliphatic carbocycles. The third-order valence-electron chi connectivity index (χ3n) is 6.71. The molecule has 0 bridgehead atoms. The second kappa shape index (κ2) is 12.4. The van der Waals surface area contributed by atoms with E-state index in [1.54, 1.807) is 7.11 Å². The minimum atomic E-state index is 0. The van der Waals surface area contributed by atoms with E-state index in [2.05, 4.69) is 58.7 Å². The number of aryl methyl sites for hydroxylation is 2. The van der Waals surface area contributed by atoms with Gasteiger partial charge in [0, 0.05) is 36.5 Å². The Morgan fingerprint density at radius 1 is 1.03 bits per heavy atom. The Labute approximate surface area is 236 Å². The average Bonchev–Trinajstić information content (AvgIpc) is 3.44. The van der Waals surface area contributed by atoms with Gasteiger partial charge in [-0.25, -0.2) is 4.98 Å². The molecule has 2 aromatic carbocycles. The molecule has 0 radical (unpaired) electrons. The molecule has 0 saturated heterocycles. The van der Waals surface area contributed by atoms with Crippen LogP contribution < -0.4 is 9.64 Å². The topological polar surface area (TPSA) is 45.9 Å². The van der Waals surface area contributed by atoms with Crippen LogP contribution in [0.4, 0.5) is 5.82 Å². The minimum absolute atomic E-state index is 0. The number of benzene rings is 2. The summed E-state index contributed by atoms with van der Waals surface area (Å²) < 4.78 is 7.43. The van der Waals surface area contributed by atoms with Crippen LogP contribution in [0, 0.1) is 6.92 Å². The van der Waals surface area contributed by atoms with Gasteiger partial charge in [-0.2, -0.15) is 9.61 Å². The van der Waals surface area contributed by atoms with E-state index in [0.717, 1.165) is 72.9 Å². The van der Waals surface area contributed by atoms with Crippen molar-refractivity contribution in [2.75, 3.05) is 39.2 Å². The molecule has 198 valence electrons. The third-order valence-corrected chi connectivity index (χ3v) is 7.03. The van der Waals surface area contributed by atoms with Gasteiger partial charge in [-0.3, -0.25) is 0 Å². The van der Waals surface area contributed by atoms with Crippen molar-refractivity contribution in [1.82, 2.24) is 19.5 Å². The number of rotatable bonds is 8. The molecule has 5 rings (SSSR count). The van der Waals surface area contributed by atoms with Crippen molar-refractivity contribution < 1.29 is 4.74 Å². The number of nitrogens with zero attached hydrogens (tertiary/aromatic N) is 5. The Morgan fingerprint density at radius 3 is 2.46 bits per heavy atom. The van der Waals surface area contributed by atoms with Gasteiger partial charge in [0.15, 0.2) is 5.65 Å². The van der Waals surface area contributed by atoms with E-state index >= 15 is 0 Å². The molecule has 37 heavy (non-hydrogen) atoms. The highest BCUT2D eigenvalue weighted by Gasteiger charge is 2.28. The Hall–Kier alpha value is -2.51. The fourth-order valence-electron chi connectivity index (χ4n) is 4.96. The average molecular weight is 563 g/mol. The number of aromatic nitrogens is 3. The standard InChI is InChI=1S/C28H32ClN5O.2ClH/c1-19-26(22-14-13-21(35-4)17-24(22)29)27-30-25-12-8-11-23(25)28(34(27)31-19)33(16-15-32(2)3)18-20-9-6-5-7-10-20;;/h5-7,9-10,13-14,17H,8,11-12,15-16,18H2,1-4H3;2*1H. The molecule has 0 amide bonds. The second-order valence-electron chi connectivity index (χ2n) is 9.47. The van der Waals surface area contributed by atoms with Crippen molar-refractivity contribution in [3.63, 3.8) is 0 Å². The molecule has 9 heteroatoms. The highest BCUT2D eigenvalue weighted by Crippen LogP contribution is 2.39. The summed E-state index contributed by atoms with van der Waals surface area (Å²) >= 11 is 6.72. The van der Waals surface area contributed by atoms with Crippen LogP contribution in [0.2, 0.25) is 5.02 Å². The van der Waals surface area contributed by atoms with Crippen molar-refractivity contribution in [3.05, 3.63) is 76.1 Å². The summed E-state index contributed by atoms with van der Waals surface area (Å²) in [6, 6.07) is 16.5. The van der Waals surface area contributed by atoms with Gasteiger partial charge >= 0.3 is 0 Å². The number of anilines is 1. The minimum Gasteiger partial charge on any atom is -0.497 e. The number of halogens is 3. The predicted molar refractivity (Wildman–Crippen MR) is 157 cm³/mol. The first-order valence-corrected chi connectivity index (χ1v) is 12.5. The molecule has 0 spiro atoms. The van der Waals surface area contributed by atoms with E-state index in [-0.39, 0.29) is 24.8 Å². The van der Waals surface area contributed by atoms with Gasteiger partial charge in [0.05, 0.1) is 23.4 Å². The van der Waals surface area contributed by atoms with Crippen molar-refractivity contribution >= 4 is 47.9 Å². The summed E-state index contributed by atoms with van der Waals surface area (Å²) in [6.45, 7) is 4.70. The Kier molecular flexibility index (Phi) is 9.70. The van der Waals surface area contributed by atoms with E-state index in [9.17, 15) is 0 Å². The predicted octanol–water partition coefficient (Wildman–Crippen LogP) is 6.27. The van der Waals surface area contributed by atoms with Gasteiger partial charge in [0.25, 0.3) is 0 Å². The number of ether oxygens (including phenoxy) is 1. The Bertz CT molecular complexity index is 1360. The van der Waals surface area contributed by atoms with Gasteiger partial charge in [-0.1, -0.05) is 41.9 Å². The molecular formula is C28H34Cl3N5O. The molecule has 0 saturated carbocycles. The molecule has 1 aliphatic rings. The smallest absolute Gasteiger partial charge is 0.165 e. The lowest BCUT2D eigenvalue weighted by Gasteiger charge is -2.29. The van der Waals surface area contributed by atoms with Gasteiger partial charge in [0.1, 0.15) is 11.6 Å². The summed E-state index contributed by atoms with van der Waals surface area (Å²) in [5, 5.41) is 5.69. The lowest BCUT2D eigenvalue weighted by atomic mass is 10.1. The van der Waals surface area contributed by atoms with E-state index in [1.807, 2.05) is 25.1 Å². The van der Waals surface area contributed by atoms with E-state index in [4.69, 9.17) is 26.4 Å². The van der Waals surface area contributed by atoms with Crippen LogP contribution in [0.15, 0.2) is 48.5 Å². The summed E-state index contributed by atoms with van der Waals surface area (Å²) in [6.07, 6.45) is 3.14. The molecule has 0 fully saturated rings. The zero-order valence-electron chi connectivity index (χ0n) is 21.7. The van der Waals surface area contributed by atoms with Gasteiger partial charge < -0.3 is 14.5 Å². The van der Waals surface area contributed by atoms with Crippen molar-refractivity contribution in [2.45, 2.75) is 32.7 Å². The Balaban J connectivity index is 0.00000190. The van der Waals surface area contributed by atoms with Crippen LogP contribution in [-0.2, 0) is 19.4 Å². The highest BCUT2D eigenvalue weighted by atomic mass is 35.5. The molecular weight excluding hydrogens is 529 g/mol. The fraction of sp³-hybridized carbons (Fsp3) is 0.357. The number of fused-ring (bicyclic) bond motifs is 2. The number of likely N-dealkylation sites (N-methyl/N-ethyl adjacent to an activating group) is 1. The SMILES string of the molecule is COc1ccc(-c2c(C)nn3c(N(CCN(C)C)Cc4ccccc4)c4c(nc23)CCC4)c(Cl)c1.Cl.Cl. The molecule has 6 nitrogen and oxygen atoms in total. The summed E-state index contributed by atoms with van der Waals surface area (Å²) in [5.74, 6) is 1.90. The first kappa shape index (κ1) is 29.1. The number of methoxy groups -OCH3 is 1. The molecule has 4 aromatic rings. The molecule has 2 aromatic heterocycles. The van der Waals surface area contributed by atoms with Crippen LogP contribution in [-0.4, -0.2) is 53.8 Å². The van der Waals surface area contributed by atoms with Gasteiger partial charge in [0.2, 0.25) is 0 Å². The van der Waals surface area contributed by atoms with Crippen LogP contribution in [0.3, 0.4) is 0 Å². The number of hydrogen-bond donors (Lipinski definition) is 0. The van der Waals surface area contributed by atoms with Crippen LogP contribution in [0.5, 0.6) is 5.75 Å².